The molecule has 3 aromatic rings. The first-order valence-corrected chi connectivity index (χ1v) is 8.03. The summed E-state index contributed by atoms with van der Waals surface area (Å²) in [5, 5.41) is 11.9. The number of aliphatic hydroxyl groups is 1. The van der Waals surface area contributed by atoms with Crippen LogP contribution in [0.2, 0.25) is 0 Å². The van der Waals surface area contributed by atoms with Crippen LogP contribution in [0, 0.1) is 0 Å². The summed E-state index contributed by atoms with van der Waals surface area (Å²) in [5.41, 5.74) is 4.29. The van der Waals surface area contributed by atoms with E-state index >= 15 is 0 Å². The Morgan fingerprint density at radius 3 is 2.40 bits per heavy atom. The summed E-state index contributed by atoms with van der Waals surface area (Å²) in [4.78, 5) is 20.5. The lowest BCUT2D eigenvalue weighted by Gasteiger charge is -2.11. The molecular weight excluding hydrogens is 314 g/mol. The van der Waals surface area contributed by atoms with Gasteiger partial charge in [0.15, 0.2) is 5.82 Å². The number of benzene rings is 2. The van der Waals surface area contributed by atoms with E-state index in [1.54, 1.807) is 6.20 Å². The highest BCUT2D eigenvalue weighted by atomic mass is 16.3. The minimum absolute atomic E-state index is 0.00663. The fraction of sp³-hybridized carbons (Fsp3) is 0.150. The van der Waals surface area contributed by atoms with E-state index in [1.165, 1.54) is 6.92 Å². The number of nitrogens with one attached hydrogen (secondary N) is 1. The maximum Gasteiger partial charge on any atom is 0.222 e. The van der Waals surface area contributed by atoms with Gasteiger partial charge in [-0.3, -0.25) is 4.79 Å². The Morgan fingerprint density at radius 2 is 1.76 bits per heavy atom. The number of aromatic nitrogens is 2. The van der Waals surface area contributed by atoms with Crippen LogP contribution in [0.3, 0.4) is 0 Å². The summed E-state index contributed by atoms with van der Waals surface area (Å²) in [6.07, 6.45) is 2.22. The molecule has 0 bridgehead atoms. The van der Waals surface area contributed by atoms with E-state index in [0.29, 0.717) is 17.9 Å². The zero-order valence-electron chi connectivity index (χ0n) is 13.9. The maximum absolute atomic E-state index is 11.4. The number of aliphatic hydroxyl groups excluding tert-OH is 1. The fourth-order valence-electron chi connectivity index (χ4n) is 2.53. The van der Waals surface area contributed by atoms with Gasteiger partial charge in [0, 0.05) is 18.9 Å². The van der Waals surface area contributed by atoms with Crippen LogP contribution in [0.5, 0.6) is 0 Å². The maximum atomic E-state index is 11.4. The zero-order chi connectivity index (χ0) is 17.6. The first-order chi connectivity index (χ1) is 12.2. The van der Waals surface area contributed by atoms with Crippen molar-refractivity contribution in [1.29, 1.82) is 0 Å². The molecule has 0 saturated heterocycles. The highest BCUT2D eigenvalue weighted by molar-refractivity contribution is 5.88. The molecule has 5 heteroatoms. The van der Waals surface area contributed by atoms with Crippen LogP contribution >= 0.6 is 0 Å². The van der Waals surface area contributed by atoms with Crippen molar-refractivity contribution in [2.45, 2.75) is 20.0 Å². The molecule has 2 N–H and O–H groups in total. The molecule has 0 radical (unpaired) electrons. The summed E-state index contributed by atoms with van der Waals surface area (Å²) in [7, 11) is 0. The minimum Gasteiger partial charge on any atom is -0.392 e. The Hall–Kier alpha value is -3.05. The third kappa shape index (κ3) is 4.28. The Balaban J connectivity index is 1.97. The number of hydrogen-bond acceptors (Lipinski definition) is 4. The molecule has 0 saturated carbocycles. The molecule has 0 aliphatic rings. The molecule has 1 heterocycles. The molecule has 1 aromatic heterocycles. The molecule has 126 valence electrons. The number of amides is 1. The van der Waals surface area contributed by atoms with E-state index in [4.69, 9.17) is 10.1 Å². The number of carbonyl (C=O) groups is 1. The third-order valence-corrected chi connectivity index (χ3v) is 3.79. The van der Waals surface area contributed by atoms with Gasteiger partial charge >= 0.3 is 0 Å². The van der Waals surface area contributed by atoms with Crippen molar-refractivity contribution in [2.75, 3.05) is 5.32 Å². The standard InChI is InChI=1S/C20H19N3O2/c1-14(25)22-20-18(11-15-5-3-2-4-6-15)23-19(12-21-20)17-9-7-16(13-24)8-10-17/h2-10,12,24H,11,13H2,1H3,(H,21,22,25). The molecule has 0 aliphatic carbocycles. The summed E-state index contributed by atoms with van der Waals surface area (Å²) >= 11 is 0. The molecule has 0 unspecified atom stereocenters. The van der Waals surface area contributed by atoms with Crippen molar-refractivity contribution in [3.8, 4) is 11.3 Å². The Labute approximate surface area is 146 Å². The van der Waals surface area contributed by atoms with E-state index in [0.717, 1.165) is 22.4 Å². The van der Waals surface area contributed by atoms with Crippen molar-refractivity contribution in [2.24, 2.45) is 0 Å². The molecule has 25 heavy (non-hydrogen) atoms. The van der Waals surface area contributed by atoms with Crippen LogP contribution in [0.4, 0.5) is 5.82 Å². The lowest BCUT2D eigenvalue weighted by Crippen LogP contribution is -2.12. The van der Waals surface area contributed by atoms with Crippen LogP contribution in [0.15, 0.2) is 60.8 Å². The van der Waals surface area contributed by atoms with Crippen molar-refractivity contribution < 1.29 is 9.90 Å². The summed E-state index contributed by atoms with van der Waals surface area (Å²) in [6, 6.07) is 17.5. The van der Waals surface area contributed by atoms with Crippen molar-refractivity contribution in [1.82, 2.24) is 9.97 Å². The Morgan fingerprint density at radius 1 is 1.04 bits per heavy atom. The average Bonchev–Trinajstić information content (AvgIpc) is 2.64. The van der Waals surface area contributed by atoms with Crippen LogP contribution in [-0.4, -0.2) is 21.0 Å². The largest absolute Gasteiger partial charge is 0.392 e. The molecule has 0 fully saturated rings. The predicted octanol–water partition coefficient (Wildman–Crippen LogP) is 3.19. The monoisotopic (exact) mass is 333 g/mol. The second kappa shape index (κ2) is 7.68. The number of hydrogen-bond donors (Lipinski definition) is 2. The normalized spacial score (nSPS) is 10.5. The first kappa shape index (κ1) is 16.8. The number of anilines is 1. The minimum atomic E-state index is -0.177. The van der Waals surface area contributed by atoms with E-state index in [1.807, 2.05) is 54.6 Å². The Kier molecular flexibility index (Phi) is 5.16. The summed E-state index contributed by atoms with van der Waals surface area (Å²) < 4.78 is 0. The van der Waals surface area contributed by atoms with E-state index < -0.39 is 0 Å². The van der Waals surface area contributed by atoms with E-state index in [-0.39, 0.29) is 12.5 Å². The lowest BCUT2D eigenvalue weighted by molar-refractivity contribution is -0.114. The summed E-state index contributed by atoms with van der Waals surface area (Å²) in [5.74, 6) is 0.302. The quantitative estimate of drug-likeness (QED) is 0.752. The van der Waals surface area contributed by atoms with Crippen LogP contribution in [0.1, 0.15) is 23.7 Å². The van der Waals surface area contributed by atoms with Gasteiger partial charge in [-0.05, 0) is 11.1 Å². The molecule has 5 nitrogen and oxygen atoms in total. The van der Waals surface area contributed by atoms with Gasteiger partial charge in [-0.1, -0.05) is 54.6 Å². The molecule has 0 atom stereocenters. The van der Waals surface area contributed by atoms with Crippen molar-refractivity contribution in [3.05, 3.63) is 77.6 Å². The van der Waals surface area contributed by atoms with Crippen LogP contribution in [0.25, 0.3) is 11.3 Å². The van der Waals surface area contributed by atoms with Gasteiger partial charge in [0.2, 0.25) is 5.91 Å². The zero-order valence-corrected chi connectivity index (χ0v) is 13.9. The number of rotatable bonds is 5. The average molecular weight is 333 g/mol. The van der Waals surface area contributed by atoms with E-state index in [9.17, 15) is 4.79 Å². The first-order valence-electron chi connectivity index (χ1n) is 8.03. The Bertz CT molecular complexity index is 862. The molecule has 0 spiro atoms. The number of carbonyl (C=O) groups excluding carboxylic acids is 1. The van der Waals surface area contributed by atoms with E-state index in [2.05, 4.69) is 10.3 Å². The highest BCUT2D eigenvalue weighted by Gasteiger charge is 2.11. The highest BCUT2D eigenvalue weighted by Crippen LogP contribution is 2.22. The van der Waals surface area contributed by atoms with Crippen molar-refractivity contribution >= 4 is 11.7 Å². The van der Waals surface area contributed by atoms with Gasteiger partial charge in [-0.25, -0.2) is 9.97 Å². The van der Waals surface area contributed by atoms with Gasteiger partial charge < -0.3 is 10.4 Å². The molecule has 3 rings (SSSR count). The molecule has 0 aliphatic heterocycles. The van der Waals surface area contributed by atoms with Crippen LogP contribution < -0.4 is 5.32 Å². The predicted molar refractivity (Wildman–Crippen MR) is 96.9 cm³/mol. The van der Waals surface area contributed by atoms with Crippen LogP contribution in [-0.2, 0) is 17.8 Å². The van der Waals surface area contributed by atoms with Gasteiger partial charge in [0.1, 0.15) is 0 Å². The molecule has 1 amide bonds. The van der Waals surface area contributed by atoms with Gasteiger partial charge in [0.25, 0.3) is 0 Å². The lowest BCUT2D eigenvalue weighted by atomic mass is 10.1. The molecule has 2 aromatic carbocycles. The second-order valence-corrected chi connectivity index (χ2v) is 5.75. The summed E-state index contributed by atoms with van der Waals surface area (Å²) in [6.45, 7) is 1.46. The molecular formula is C20H19N3O2. The SMILES string of the molecule is CC(=O)Nc1ncc(-c2ccc(CO)cc2)nc1Cc1ccccc1. The topological polar surface area (TPSA) is 75.1 Å². The van der Waals surface area contributed by atoms with Crippen molar-refractivity contribution in [3.63, 3.8) is 0 Å². The fourth-order valence-corrected chi connectivity index (χ4v) is 2.53. The van der Waals surface area contributed by atoms with Gasteiger partial charge in [0.05, 0.1) is 24.2 Å². The number of nitrogens with zero attached hydrogens (tertiary/aromatic N) is 2. The second-order valence-electron chi connectivity index (χ2n) is 5.75. The van der Waals surface area contributed by atoms with Gasteiger partial charge in [-0.15, -0.1) is 0 Å². The van der Waals surface area contributed by atoms with Gasteiger partial charge in [-0.2, -0.15) is 0 Å². The smallest absolute Gasteiger partial charge is 0.222 e. The third-order valence-electron chi connectivity index (χ3n) is 3.79.